The largest absolute Gasteiger partial charge is 0.507 e. The number of likely N-dealkylation sites (tertiary alicyclic amines) is 1. The summed E-state index contributed by atoms with van der Waals surface area (Å²) < 4.78 is 5.72. The number of hydrogen-bond donors (Lipinski definition) is 7. The van der Waals surface area contributed by atoms with Crippen molar-refractivity contribution in [1.29, 1.82) is 0 Å². The van der Waals surface area contributed by atoms with E-state index in [4.69, 9.17) is 25.4 Å². The summed E-state index contributed by atoms with van der Waals surface area (Å²) in [5.74, 6) is -2.30. The molecule has 1 saturated heterocycles. The first-order chi connectivity index (χ1) is 15.1. The number of nitrogens with two attached hydrogens (primary N) is 1. The third-order valence-corrected chi connectivity index (χ3v) is 5.51. The number of nitrogens with one attached hydrogen (secondary N) is 1. The summed E-state index contributed by atoms with van der Waals surface area (Å²) in [6.07, 6.45) is 0.0379. The van der Waals surface area contributed by atoms with Gasteiger partial charge in [-0.25, -0.2) is 10.3 Å². The highest BCUT2D eigenvalue weighted by Gasteiger charge is 2.34. The first kappa shape index (κ1) is 24.2. The molecule has 176 valence electrons. The van der Waals surface area contributed by atoms with Gasteiger partial charge >= 0.3 is 13.1 Å². The van der Waals surface area contributed by atoms with Gasteiger partial charge in [-0.05, 0) is 24.4 Å². The highest BCUT2D eigenvalue weighted by Crippen LogP contribution is 2.34. The smallest absolute Gasteiger partial charge is 0.451 e. The summed E-state index contributed by atoms with van der Waals surface area (Å²) in [4.78, 5) is 30.6. The van der Waals surface area contributed by atoms with Gasteiger partial charge < -0.3 is 35.8 Å². The van der Waals surface area contributed by atoms with Crippen LogP contribution in [0.25, 0.3) is 0 Å². The number of rotatable bonds is 11. The summed E-state index contributed by atoms with van der Waals surface area (Å²) >= 11 is 0. The molecule has 1 unspecified atom stereocenters. The van der Waals surface area contributed by atoms with Crippen molar-refractivity contribution in [2.24, 2.45) is 5.73 Å². The number of aromatic hydroxyl groups is 1. The van der Waals surface area contributed by atoms with Crippen LogP contribution in [-0.4, -0.2) is 93.3 Å². The van der Waals surface area contributed by atoms with Crippen LogP contribution in [0.1, 0.15) is 28.8 Å². The maximum atomic E-state index is 12.0. The standard InChI is InChI=1S/C19H28BN3O9/c21-14(18(26)22-32-12-5-11(24)6-12)9-23-7-13(8-23)31-15-2-1-10(3-4-20(29)30)17(25)16(15)19(27)28/h1-2,11-14,24-25,29-30H,3-9,21H2,(H,22,26)(H,27,28). The van der Waals surface area contributed by atoms with Crippen molar-refractivity contribution >= 4 is 19.0 Å². The van der Waals surface area contributed by atoms with Crippen molar-refractivity contribution in [2.45, 2.75) is 49.9 Å². The fourth-order valence-corrected chi connectivity index (χ4v) is 3.54. The van der Waals surface area contributed by atoms with Gasteiger partial charge in [0.15, 0.2) is 0 Å². The van der Waals surface area contributed by atoms with Gasteiger partial charge in [-0.15, -0.1) is 0 Å². The molecule has 1 aliphatic carbocycles. The van der Waals surface area contributed by atoms with Crippen LogP contribution in [0.4, 0.5) is 0 Å². The number of aliphatic hydroxyl groups is 1. The molecule has 1 saturated carbocycles. The highest BCUT2D eigenvalue weighted by molar-refractivity contribution is 6.41. The molecule has 0 radical (unpaired) electrons. The molecule has 1 amide bonds. The van der Waals surface area contributed by atoms with E-state index in [1.807, 2.05) is 4.90 Å². The Morgan fingerprint density at radius 2 is 1.94 bits per heavy atom. The van der Waals surface area contributed by atoms with Crippen molar-refractivity contribution in [3.8, 4) is 11.5 Å². The number of hydroxylamine groups is 1. The number of hydrogen-bond acceptors (Lipinski definition) is 10. The number of benzene rings is 1. The zero-order chi connectivity index (χ0) is 23.4. The van der Waals surface area contributed by atoms with Crippen molar-refractivity contribution in [3.05, 3.63) is 23.3 Å². The second-order valence-electron chi connectivity index (χ2n) is 8.17. The van der Waals surface area contributed by atoms with E-state index in [2.05, 4.69) is 5.48 Å². The van der Waals surface area contributed by atoms with Gasteiger partial charge in [-0.2, -0.15) is 0 Å². The molecule has 0 aromatic heterocycles. The van der Waals surface area contributed by atoms with Crippen molar-refractivity contribution < 1.29 is 44.5 Å². The van der Waals surface area contributed by atoms with Crippen LogP contribution in [-0.2, 0) is 16.1 Å². The van der Waals surface area contributed by atoms with Gasteiger partial charge in [0.25, 0.3) is 5.91 Å². The number of ether oxygens (including phenoxy) is 1. The van der Waals surface area contributed by atoms with Gasteiger partial charge in [-0.3, -0.25) is 14.5 Å². The Hall–Kier alpha value is -2.42. The second-order valence-corrected chi connectivity index (χ2v) is 8.17. The lowest BCUT2D eigenvalue weighted by molar-refractivity contribution is -0.154. The average molecular weight is 453 g/mol. The molecule has 0 spiro atoms. The Morgan fingerprint density at radius 3 is 2.53 bits per heavy atom. The van der Waals surface area contributed by atoms with Crippen molar-refractivity contribution in [1.82, 2.24) is 10.4 Å². The van der Waals surface area contributed by atoms with Gasteiger partial charge in [0.2, 0.25) is 0 Å². The number of nitrogens with zero attached hydrogens (tertiary/aromatic N) is 1. The van der Waals surface area contributed by atoms with Gasteiger partial charge in [0.1, 0.15) is 23.2 Å². The molecule has 3 rings (SSSR count). The van der Waals surface area contributed by atoms with Gasteiger partial charge in [-0.1, -0.05) is 6.07 Å². The van der Waals surface area contributed by atoms with Crippen LogP contribution >= 0.6 is 0 Å². The minimum Gasteiger partial charge on any atom is -0.507 e. The number of aliphatic hydroxyl groups excluding tert-OH is 1. The predicted octanol–water partition coefficient (Wildman–Crippen LogP) is -1.93. The molecule has 32 heavy (non-hydrogen) atoms. The number of aryl methyl sites for hydroxylation is 1. The molecular weight excluding hydrogens is 425 g/mol. The van der Waals surface area contributed by atoms with E-state index in [0.717, 1.165) is 0 Å². The Labute approximate surface area is 184 Å². The minimum absolute atomic E-state index is 0.00562. The van der Waals surface area contributed by atoms with Crippen LogP contribution in [0, 0.1) is 0 Å². The quantitative estimate of drug-likeness (QED) is 0.146. The van der Waals surface area contributed by atoms with E-state index in [1.165, 1.54) is 12.1 Å². The second kappa shape index (κ2) is 10.5. The zero-order valence-electron chi connectivity index (χ0n) is 17.4. The van der Waals surface area contributed by atoms with E-state index >= 15 is 0 Å². The molecule has 1 aromatic carbocycles. The normalized spacial score (nSPS) is 21.9. The van der Waals surface area contributed by atoms with Crippen molar-refractivity contribution in [2.75, 3.05) is 19.6 Å². The van der Waals surface area contributed by atoms with Crippen LogP contribution in [0.3, 0.4) is 0 Å². The summed E-state index contributed by atoms with van der Waals surface area (Å²) in [5, 5.41) is 46.9. The predicted molar refractivity (Wildman–Crippen MR) is 111 cm³/mol. The third kappa shape index (κ3) is 6.09. The number of carbonyl (C=O) groups is 2. The van der Waals surface area contributed by atoms with Crippen molar-refractivity contribution in [3.63, 3.8) is 0 Å². The van der Waals surface area contributed by atoms with Crippen LogP contribution < -0.4 is 16.0 Å². The average Bonchev–Trinajstić information content (AvgIpc) is 2.67. The van der Waals surface area contributed by atoms with E-state index in [1.54, 1.807) is 0 Å². The maximum Gasteiger partial charge on any atom is 0.451 e. The molecule has 12 nitrogen and oxygen atoms in total. The summed E-state index contributed by atoms with van der Waals surface area (Å²) in [6, 6.07) is 2.08. The number of phenols is 1. The van der Waals surface area contributed by atoms with E-state index in [9.17, 15) is 24.9 Å². The van der Waals surface area contributed by atoms with E-state index in [0.29, 0.717) is 25.9 Å². The SMILES string of the molecule is NC(CN1CC(Oc2ccc(CCB(O)O)c(O)c2C(=O)O)C1)C(=O)NOC1CC(O)C1. The maximum absolute atomic E-state index is 12.0. The molecule has 0 bridgehead atoms. The lowest BCUT2D eigenvalue weighted by Crippen LogP contribution is -2.59. The molecule has 13 heteroatoms. The summed E-state index contributed by atoms with van der Waals surface area (Å²) in [7, 11) is -1.56. The highest BCUT2D eigenvalue weighted by atomic mass is 16.7. The van der Waals surface area contributed by atoms with Crippen LogP contribution in [0.15, 0.2) is 12.1 Å². The number of carboxylic acid groups (broad SMARTS) is 1. The lowest BCUT2D eigenvalue weighted by Gasteiger charge is -2.40. The van der Waals surface area contributed by atoms with Crippen LogP contribution in [0.2, 0.25) is 6.32 Å². The number of aromatic carboxylic acids is 1. The monoisotopic (exact) mass is 453 g/mol. The lowest BCUT2D eigenvalue weighted by atomic mass is 9.82. The topological polar surface area (TPSA) is 195 Å². The third-order valence-electron chi connectivity index (χ3n) is 5.51. The fourth-order valence-electron chi connectivity index (χ4n) is 3.54. The van der Waals surface area contributed by atoms with E-state index in [-0.39, 0.29) is 48.4 Å². The first-order valence-corrected chi connectivity index (χ1v) is 10.4. The molecule has 1 atom stereocenters. The van der Waals surface area contributed by atoms with Crippen LogP contribution in [0.5, 0.6) is 11.5 Å². The number of carbonyl (C=O) groups excluding carboxylic acids is 1. The van der Waals surface area contributed by atoms with Gasteiger partial charge in [0.05, 0.1) is 18.2 Å². The first-order valence-electron chi connectivity index (χ1n) is 10.4. The molecule has 1 aliphatic heterocycles. The molecule has 8 N–H and O–H groups in total. The minimum atomic E-state index is -1.56. The molecular formula is C19H28BN3O9. The molecule has 1 heterocycles. The van der Waals surface area contributed by atoms with Gasteiger partial charge in [0, 0.05) is 32.5 Å². The summed E-state index contributed by atoms with van der Waals surface area (Å²) in [5.41, 5.74) is 8.06. The number of amides is 1. The Bertz CT molecular complexity index is 829. The number of carboxylic acids is 1. The Morgan fingerprint density at radius 1 is 1.25 bits per heavy atom. The summed E-state index contributed by atoms with van der Waals surface area (Å²) in [6.45, 7) is 1.08. The fraction of sp³-hybridized carbons (Fsp3) is 0.579. The molecule has 1 aromatic rings. The molecule has 2 aliphatic rings. The Balaban J connectivity index is 1.47. The molecule has 2 fully saturated rings. The van der Waals surface area contributed by atoms with E-state index < -0.39 is 36.9 Å². The zero-order valence-corrected chi connectivity index (χ0v) is 17.4. The Kier molecular flexibility index (Phi) is 7.93.